The third-order valence-corrected chi connectivity index (χ3v) is 2.21. The first-order valence-corrected chi connectivity index (χ1v) is 4.55. The highest BCUT2D eigenvalue weighted by Gasteiger charge is 2.24. The topological polar surface area (TPSA) is 9.23 Å². The summed E-state index contributed by atoms with van der Waals surface area (Å²) in [5, 5.41) is 0. The zero-order valence-electron chi connectivity index (χ0n) is 8.12. The van der Waals surface area contributed by atoms with Crippen LogP contribution in [0.15, 0.2) is 49.1 Å². The summed E-state index contributed by atoms with van der Waals surface area (Å²) in [6.45, 7) is 10.2. The second kappa shape index (κ2) is 4.24. The van der Waals surface area contributed by atoms with E-state index in [0.717, 1.165) is 12.0 Å². The molecule has 0 aromatic carbocycles. The van der Waals surface area contributed by atoms with Gasteiger partial charge in [0.15, 0.2) is 0 Å². The van der Waals surface area contributed by atoms with Crippen LogP contribution in [0.4, 0.5) is 0 Å². The molecule has 0 saturated heterocycles. The molecule has 0 N–H and O–H groups in total. The van der Waals surface area contributed by atoms with Gasteiger partial charge >= 0.3 is 0 Å². The van der Waals surface area contributed by atoms with Crippen LogP contribution in [0, 0.1) is 0 Å². The van der Waals surface area contributed by atoms with Crippen molar-refractivity contribution in [3.05, 3.63) is 49.1 Å². The molecule has 1 unspecified atom stereocenters. The first kappa shape index (κ1) is 10.0. The van der Waals surface area contributed by atoms with Gasteiger partial charge in [-0.15, -0.1) is 0 Å². The van der Waals surface area contributed by atoms with Crippen molar-refractivity contribution < 1.29 is 4.74 Å². The van der Waals surface area contributed by atoms with Gasteiger partial charge in [0, 0.05) is 13.0 Å². The van der Waals surface area contributed by atoms with E-state index in [2.05, 4.69) is 19.2 Å². The highest BCUT2D eigenvalue weighted by Crippen LogP contribution is 2.26. The van der Waals surface area contributed by atoms with Crippen LogP contribution in [0.3, 0.4) is 0 Å². The normalized spacial score (nSPS) is 26.7. The quantitative estimate of drug-likeness (QED) is 0.598. The first-order chi connectivity index (χ1) is 6.26. The molecular formula is C12H16O. The van der Waals surface area contributed by atoms with Crippen molar-refractivity contribution in [1.82, 2.24) is 0 Å². The van der Waals surface area contributed by atoms with Crippen molar-refractivity contribution in [2.45, 2.75) is 18.9 Å². The highest BCUT2D eigenvalue weighted by atomic mass is 16.5. The summed E-state index contributed by atoms with van der Waals surface area (Å²) in [4.78, 5) is 0. The predicted octanol–water partition coefficient (Wildman–Crippen LogP) is 3.02. The van der Waals surface area contributed by atoms with Gasteiger partial charge in [-0.25, -0.2) is 0 Å². The Balaban J connectivity index is 2.76. The number of hydrogen-bond donors (Lipinski definition) is 0. The standard InChI is InChI=1S/C12H16O/c1-4-11-7-9-12(5-2,10-8-11)13-6-3/h4-5,7-9H,1-2,6,10H2,3H3. The largest absolute Gasteiger partial charge is 0.367 e. The van der Waals surface area contributed by atoms with E-state index in [1.807, 2.05) is 31.2 Å². The van der Waals surface area contributed by atoms with E-state index < -0.39 is 0 Å². The molecule has 1 heteroatoms. The summed E-state index contributed by atoms with van der Waals surface area (Å²) in [6.07, 6.45) is 10.7. The minimum atomic E-state index is -0.290. The average Bonchev–Trinajstić information content (AvgIpc) is 2.19. The van der Waals surface area contributed by atoms with Crippen LogP contribution in [-0.2, 0) is 4.74 Å². The molecule has 0 heterocycles. The highest BCUT2D eigenvalue weighted by molar-refractivity contribution is 5.37. The summed E-state index contributed by atoms with van der Waals surface area (Å²) in [5.41, 5.74) is 0.860. The lowest BCUT2D eigenvalue weighted by Gasteiger charge is -2.28. The molecule has 0 aromatic heterocycles. The van der Waals surface area contributed by atoms with Crippen molar-refractivity contribution in [2.75, 3.05) is 6.61 Å². The molecule has 1 aliphatic rings. The smallest absolute Gasteiger partial charge is 0.108 e. The first-order valence-electron chi connectivity index (χ1n) is 4.55. The lowest BCUT2D eigenvalue weighted by Crippen LogP contribution is -2.28. The van der Waals surface area contributed by atoms with Gasteiger partial charge in [0.05, 0.1) is 0 Å². The zero-order valence-corrected chi connectivity index (χ0v) is 8.12. The molecular weight excluding hydrogens is 160 g/mol. The molecule has 0 fully saturated rings. The molecule has 0 aliphatic heterocycles. The van der Waals surface area contributed by atoms with Crippen LogP contribution in [0.25, 0.3) is 0 Å². The van der Waals surface area contributed by atoms with Crippen LogP contribution in [0.1, 0.15) is 13.3 Å². The Morgan fingerprint density at radius 1 is 1.62 bits per heavy atom. The minimum Gasteiger partial charge on any atom is -0.367 e. The Bertz CT molecular complexity index is 260. The van der Waals surface area contributed by atoms with Crippen LogP contribution >= 0.6 is 0 Å². The molecule has 0 bridgehead atoms. The van der Waals surface area contributed by atoms with Gasteiger partial charge in [-0.1, -0.05) is 37.5 Å². The predicted molar refractivity (Wildman–Crippen MR) is 56.6 cm³/mol. The molecule has 0 radical (unpaired) electrons. The van der Waals surface area contributed by atoms with E-state index in [-0.39, 0.29) is 5.60 Å². The lowest BCUT2D eigenvalue weighted by atomic mass is 9.92. The maximum absolute atomic E-state index is 5.63. The van der Waals surface area contributed by atoms with E-state index in [4.69, 9.17) is 4.74 Å². The number of allylic oxidation sites excluding steroid dienone is 3. The molecule has 1 atom stereocenters. The van der Waals surface area contributed by atoms with Crippen LogP contribution in [-0.4, -0.2) is 12.2 Å². The Morgan fingerprint density at radius 2 is 2.38 bits per heavy atom. The van der Waals surface area contributed by atoms with Crippen molar-refractivity contribution in [1.29, 1.82) is 0 Å². The minimum absolute atomic E-state index is 0.290. The van der Waals surface area contributed by atoms with Gasteiger partial charge in [0.25, 0.3) is 0 Å². The Kier molecular flexibility index (Phi) is 3.26. The van der Waals surface area contributed by atoms with Gasteiger partial charge in [0.1, 0.15) is 5.60 Å². The molecule has 70 valence electrons. The fraction of sp³-hybridized carbons (Fsp3) is 0.333. The molecule has 1 rings (SSSR count). The van der Waals surface area contributed by atoms with Crippen molar-refractivity contribution in [2.24, 2.45) is 0 Å². The number of rotatable bonds is 4. The maximum atomic E-state index is 5.63. The van der Waals surface area contributed by atoms with Crippen LogP contribution in [0.2, 0.25) is 0 Å². The molecule has 0 amide bonds. The number of ether oxygens (including phenoxy) is 1. The van der Waals surface area contributed by atoms with Crippen LogP contribution in [0.5, 0.6) is 0 Å². The van der Waals surface area contributed by atoms with E-state index in [1.165, 1.54) is 0 Å². The molecule has 1 nitrogen and oxygen atoms in total. The molecule has 13 heavy (non-hydrogen) atoms. The zero-order chi connectivity index (χ0) is 9.73. The van der Waals surface area contributed by atoms with E-state index in [0.29, 0.717) is 6.61 Å². The van der Waals surface area contributed by atoms with E-state index >= 15 is 0 Å². The summed E-state index contributed by atoms with van der Waals surface area (Å²) in [5.74, 6) is 0. The summed E-state index contributed by atoms with van der Waals surface area (Å²) >= 11 is 0. The second-order valence-electron chi connectivity index (χ2n) is 3.04. The summed E-state index contributed by atoms with van der Waals surface area (Å²) in [6, 6.07) is 0. The van der Waals surface area contributed by atoms with E-state index in [9.17, 15) is 0 Å². The van der Waals surface area contributed by atoms with Crippen LogP contribution < -0.4 is 0 Å². The van der Waals surface area contributed by atoms with E-state index in [1.54, 1.807) is 0 Å². The Morgan fingerprint density at radius 3 is 2.77 bits per heavy atom. The third-order valence-electron chi connectivity index (χ3n) is 2.21. The summed E-state index contributed by atoms with van der Waals surface area (Å²) < 4.78 is 5.63. The van der Waals surface area contributed by atoms with Gasteiger partial charge < -0.3 is 4.74 Å². The average molecular weight is 176 g/mol. The second-order valence-corrected chi connectivity index (χ2v) is 3.04. The maximum Gasteiger partial charge on any atom is 0.108 e. The summed E-state index contributed by atoms with van der Waals surface area (Å²) in [7, 11) is 0. The Labute approximate surface area is 80.1 Å². The van der Waals surface area contributed by atoms with Crippen molar-refractivity contribution >= 4 is 0 Å². The van der Waals surface area contributed by atoms with Gasteiger partial charge in [-0.3, -0.25) is 0 Å². The van der Waals surface area contributed by atoms with Gasteiger partial charge in [-0.2, -0.15) is 0 Å². The fourth-order valence-electron chi connectivity index (χ4n) is 1.39. The van der Waals surface area contributed by atoms with Crippen molar-refractivity contribution in [3.8, 4) is 0 Å². The van der Waals surface area contributed by atoms with Gasteiger partial charge in [0.2, 0.25) is 0 Å². The lowest BCUT2D eigenvalue weighted by molar-refractivity contribution is 0.0381. The van der Waals surface area contributed by atoms with Crippen molar-refractivity contribution in [3.63, 3.8) is 0 Å². The van der Waals surface area contributed by atoms with Gasteiger partial charge in [-0.05, 0) is 18.6 Å². The SMILES string of the molecule is C=CC1=CCC(C=C)(OCC)C=C1. The number of hydrogen-bond acceptors (Lipinski definition) is 1. The molecule has 0 saturated carbocycles. The third kappa shape index (κ3) is 2.19. The molecule has 0 spiro atoms. The monoisotopic (exact) mass is 176 g/mol. The molecule has 1 aliphatic carbocycles. The fourth-order valence-corrected chi connectivity index (χ4v) is 1.39. The Hall–Kier alpha value is -1.08. The molecule has 0 aromatic rings.